The van der Waals surface area contributed by atoms with Crippen LogP contribution in [0, 0.1) is 5.82 Å². The Bertz CT molecular complexity index is 646. The van der Waals surface area contributed by atoms with E-state index in [-0.39, 0.29) is 23.8 Å². The molecule has 0 aliphatic carbocycles. The van der Waals surface area contributed by atoms with Crippen molar-refractivity contribution in [3.63, 3.8) is 0 Å². The fraction of sp³-hybridized carbons (Fsp3) is 0.308. The van der Waals surface area contributed by atoms with Crippen molar-refractivity contribution < 1.29 is 9.18 Å². The molecule has 0 saturated carbocycles. The lowest BCUT2D eigenvalue weighted by molar-refractivity contribution is -0.126. The number of carbonyl (C=O) groups is 1. The SMILES string of the molecule is CCN1CN(c2ncnc3c(F)cccc23)CC1=O. The minimum absolute atomic E-state index is 0.0608. The number of halogens is 1. The molecule has 0 unspecified atom stereocenters. The fourth-order valence-electron chi connectivity index (χ4n) is 2.31. The zero-order valence-electron chi connectivity index (χ0n) is 10.5. The van der Waals surface area contributed by atoms with Gasteiger partial charge in [-0.15, -0.1) is 0 Å². The van der Waals surface area contributed by atoms with Gasteiger partial charge in [0.1, 0.15) is 30.0 Å². The maximum absolute atomic E-state index is 13.7. The number of carbonyl (C=O) groups excluding carboxylic acids is 1. The summed E-state index contributed by atoms with van der Waals surface area (Å²) in [6.45, 7) is 3.35. The van der Waals surface area contributed by atoms with Crippen LogP contribution in [0.3, 0.4) is 0 Å². The highest BCUT2D eigenvalue weighted by atomic mass is 19.1. The molecule has 1 fully saturated rings. The number of benzene rings is 1. The van der Waals surface area contributed by atoms with Crippen molar-refractivity contribution in [2.24, 2.45) is 0 Å². The van der Waals surface area contributed by atoms with Crippen LogP contribution in [0.1, 0.15) is 6.92 Å². The van der Waals surface area contributed by atoms with E-state index in [4.69, 9.17) is 0 Å². The summed E-state index contributed by atoms with van der Waals surface area (Å²) >= 11 is 0. The van der Waals surface area contributed by atoms with E-state index in [0.29, 0.717) is 24.4 Å². The van der Waals surface area contributed by atoms with Gasteiger partial charge in [-0.1, -0.05) is 6.07 Å². The predicted molar refractivity (Wildman–Crippen MR) is 69.1 cm³/mol. The van der Waals surface area contributed by atoms with Crippen molar-refractivity contribution in [3.8, 4) is 0 Å². The van der Waals surface area contributed by atoms with Gasteiger partial charge >= 0.3 is 0 Å². The van der Waals surface area contributed by atoms with Crippen LogP contribution >= 0.6 is 0 Å². The molecule has 0 bridgehead atoms. The number of hydrogen-bond acceptors (Lipinski definition) is 4. The molecule has 6 heteroatoms. The fourth-order valence-corrected chi connectivity index (χ4v) is 2.31. The van der Waals surface area contributed by atoms with Crippen LogP contribution in [0.25, 0.3) is 10.9 Å². The largest absolute Gasteiger partial charge is 0.329 e. The zero-order valence-corrected chi connectivity index (χ0v) is 10.5. The molecule has 2 heterocycles. The van der Waals surface area contributed by atoms with Gasteiger partial charge in [0.25, 0.3) is 0 Å². The third-order valence-corrected chi connectivity index (χ3v) is 3.30. The first kappa shape index (κ1) is 11.8. The Morgan fingerprint density at radius 2 is 2.21 bits per heavy atom. The lowest BCUT2D eigenvalue weighted by Gasteiger charge is -2.18. The summed E-state index contributed by atoms with van der Waals surface area (Å²) in [6.07, 6.45) is 1.33. The van der Waals surface area contributed by atoms with Crippen LogP contribution in [0.5, 0.6) is 0 Å². The van der Waals surface area contributed by atoms with Crippen LogP contribution in [-0.4, -0.2) is 40.5 Å². The second-order valence-electron chi connectivity index (χ2n) is 4.42. The number of amides is 1. The number of fused-ring (bicyclic) bond motifs is 1. The standard InChI is InChI=1S/C13H13FN4O/c1-2-17-8-18(6-11(17)19)13-9-4-3-5-10(14)12(9)15-7-16-13/h3-5,7H,2,6,8H2,1H3. The Hall–Kier alpha value is -2.24. The number of likely N-dealkylation sites (N-methyl/N-ethyl adjacent to an activating group) is 1. The summed E-state index contributed by atoms with van der Waals surface area (Å²) in [5.74, 6) is 0.290. The van der Waals surface area contributed by atoms with Gasteiger partial charge in [0.15, 0.2) is 0 Å². The molecule has 1 saturated heterocycles. The maximum atomic E-state index is 13.7. The molecule has 19 heavy (non-hydrogen) atoms. The number of aromatic nitrogens is 2. The molecule has 0 N–H and O–H groups in total. The molecule has 2 aromatic rings. The van der Waals surface area contributed by atoms with Gasteiger partial charge in [-0.05, 0) is 19.1 Å². The first-order valence-corrected chi connectivity index (χ1v) is 6.12. The topological polar surface area (TPSA) is 49.3 Å². The van der Waals surface area contributed by atoms with Crippen LogP contribution in [0.15, 0.2) is 24.5 Å². The van der Waals surface area contributed by atoms with Gasteiger partial charge < -0.3 is 9.80 Å². The van der Waals surface area contributed by atoms with Crippen molar-refractivity contribution >= 4 is 22.6 Å². The molecule has 0 atom stereocenters. The van der Waals surface area contributed by atoms with Gasteiger partial charge in [-0.25, -0.2) is 14.4 Å². The molecule has 1 aromatic heterocycles. The molecule has 98 valence electrons. The third kappa shape index (κ3) is 1.89. The zero-order chi connectivity index (χ0) is 13.4. The molecule has 1 amide bonds. The molecule has 0 spiro atoms. The van der Waals surface area contributed by atoms with E-state index in [9.17, 15) is 9.18 Å². The van der Waals surface area contributed by atoms with Gasteiger partial charge in [-0.3, -0.25) is 4.79 Å². The number of anilines is 1. The third-order valence-electron chi connectivity index (χ3n) is 3.30. The van der Waals surface area contributed by atoms with Crippen LogP contribution < -0.4 is 4.90 Å². The Labute approximate surface area is 109 Å². The van der Waals surface area contributed by atoms with E-state index < -0.39 is 0 Å². The number of hydrogen-bond donors (Lipinski definition) is 0. The van der Waals surface area contributed by atoms with Crippen molar-refractivity contribution in [1.29, 1.82) is 0 Å². The first-order valence-electron chi connectivity index (χ1n) is 6.12. The van der Waals surface area contributed by atoms with Crippen LogP contribution in [0.2, 0.25) is 0 Å². The Kier molecular flexibility index (Phi) is 2.77. The highest BCUT2D eigenvalue weighted by Gasteiger charge is 2.28. The number of para-hydroxylation sites is 1. The smallest absolute Gasteiger partial charge is 0.243 e. The quantitative estimate of drug-likeness (QED) is 0.819. The monoisotopic (exact) mass is 260 g/mol. The lowest BCUT2D eigenvalue weighted by Crippen LogP contribution is -2.27. The molecule has 3 rings (SSSR count). The second kappa shape index (κ2) is 4.46. The number of rotatable bonds is 2. The second-order valence-corrected chi connectivity index (χ2v) is 4.42. The average Bonchev–Trinajstić information content (AvgIpc) is 2.80. The van der Waals surface area contributed by atoms with Gasteiger partial charge in [0, 0.05) is 11.9 Å². The maximum Gasteiger partial charge on any atom is 0.243 e. The van der Waals surface area contributed by atoms with E-state index in [1.807, 2.05) is 11.8 Å². The van der Waals surface area contributed by atoms with Crippen molar-refractivity contribution in [3.05, 3.63) is 30.3 Å². The van der Waals surface area contributed by atoms with Crippen molar-refractivity contribution in [2.45, 2.75) is 6.92 Å². The van der Waals surface area contributed by atoms with E-state index in [1.54, 1.807) is 17.0 Å². The molecule has 1 aromatic carbocycles. The highest BCUT2D eigenvalue weighted by Crippen LogP contribution is 2.26. The summed E-state index contributed by atoms with van der Waals surface area (Å²) < 4.78 is 13.7. The molecule has 1 aliphatic rings. The molecular weight excluding hydrogens is 247 g/mol. The Morgan fingerprint density at radius 1 is 1.37 bits per heavy atom. The summed E-state index contributed by atoms with van der Waals surface area (Å²) in [6, 6.07) is 4.76. The lowest BCUT2D eigenvalue weighted by atomic mass is 10.2. The summed E-state index contributed by atoms with van der Waals surface area (Å²) in [5, 5.41) is 0.633. The molecular formula is C13H13FN4O. The van der Waals surface area contributed by atoms with E-state index in [0.717, 1.165) is 0 Å². The van der Waals surface area contributed by atoms with E-state index in [2.05, 4.69) is 9.97 Å². The van der Waals surface area contributed by atoms with Gasteiger partial charge in [0.05, 0.1) is 6.67 Å². The van der Waals surface area contributed by atoms with Crippen LogP contribution in [0.4, 0.5) is 10.2 Å². The Morgan fingerprint density at radius 3 is 2.95 bits per heavy atom. The van der Waals surface area contributed by atoms with Gasteiger partial charge in [-0.2, -0.15) is 0 Å². The van der Waals surface area contributed by atoms with E-state index >= 15 is 0 Å². The molecule has 1 aliphatic heterocycles. The normalized spacial score (nSPS) is 15.6. The first-order chi connectivity index (χ1) is 9.20. The predicted octanol–water partition coefficient (Wildman–Crippen LogP) is 1.39. The van der Waals surface area contributed by atoms with Crippen LogP contribution in [-0.2, 0) is 4.79 Å². The number of nitrogens with zero attached hydrogens (tertiary/aromatic N) is 4. The highest BCUT2D eigenvalue weighted by molar-refractivity contribution is 5.93. The summed E-state index contributed by atoms with van der Waals surface area (Å²) in [5.41, 5.74) is 0.287. The van der Waals surface area contributed by atoms with Crippen molar-refractivity contribution in [2.75, 3.05) is 24.7 Å². The minimum Gasteiger partial charge on any atom is -0.329 e. The van der Waals surface area contributed by atoms with E-state index in [1.165, 1.54) is 12.4 Å². The molecule has 0 radical (unpaired) electrons. The minimum atomic E-state index is -0.376. The average molecular weight is 260 g/mol. The van der Waals surface area contributed by atoms with Crippen molar-refractivity contribution in [1.82, 2.24) is 14.9 Å². The van der Waals surface area contributed by atoms with Gasteiger partial charge in [0.2, 0.25) is 5.91 Å². The summed E-state index contributed by atoms with van der Waals surface area (Å²) in [4.78, 5) is 23.5. The molecule has 5 nitrogen and oxygen atoms in total. The summed E-state index contributed by atoms with van der Waals surface area (Å²) in [7, 11) is 0. The Balaban J connectivity index is 2.07.